The predicted octanol–water partition coefficient (Wildman–Crippen LogP) is 2.70. The van der Waals surface area contributed by atoms with Crippen molar-refractivity contribution in [2.45, 2.75) is 18.3 Å². The van der Waals surface area contributed by atoms with Gasteiger partial charge in [0.2, 0.25) is 17.7 Å². The summed E-state index contributed by atoms with van der Waals surface area (Å²) in [6.07, 6.45) is 3.94. The SMILES string of the molecule is CN1C(=O)C[C@@](CC(=O)N2CCN(C/C=C/c3ccccc3)CC2)(c2cccc(F)c2)C1=O. The van der Waals surface area contributed by atoms with Crippen molar-refractivity contribution in [1.82, 2.24) is 14.7 Å². The third-order valence-corrected chi connectivity index (χ3v) is 6.57. The summed E-state index contributed by atoms with van der Waals surface area (Å²) in [6, 6.07) is 15.8. The van der Waals surface area contributed by atoms with Crippen LogP contribution in [0.15, 0.2) is 60.7 Å². The van der Waals surface area contributed by atoms with E-state index in [0.717, 1.165) is 30.1 Å². The first-order valence-electron chi connectivity index (χ1n) is 11.2. The van der Waals surface area contributed by atoms with Crippen molar-refractivity contribution >= 4 is 23.8 Å². The molecule has 0 N–H and O–H groups in total. The van der Waals surface area contributed by atoms with Crippen molar-refractivity contribution in [2.75, 3.05) is 39.8 Å². The standard InChI is InChI=1S/C26H28FN3O3/c1-28-23(31)18-26(25(28)33,21-10-5-11-22(27)17-21)19-24(32)30-15-13-29(14-16-30)12-6-9-20-7-3-2-4-8-20/h2-11,17H,12-16,18-19H2,1H3/b9-6+/t26-/m1/s1. The van der Waals surface area contributed by atoms with Gasteiger partial charge in [0.05, 0.1) is 5.41 Å². The molecule has 0 saturated carbocycles. The number of carbonyl (C=O) groups excluding carboxylic acids is 3. The molecule has 2 aromatic rings. The smallest absolute Gasteiger partial charge is 0.240 e. The van der Waals surface area contributed by atoms with Crippen LogP contribution in [0.3, 0.4) is 0 Å². The number of rotatable bonds is 6. The molecule has 2 aliphatic heterocycles. The normalized spacial score (nSPS) is 21.9. The number of amides is 3. The van der Waals surface area contributed by atoms with E-state index in [9.17, 15) is 18.8 Å². The van der Waals surface area contributed by atoms with E-state index in [1.807, 2.05) is 30.3 Å². The number of likely N-dealkylation sites (N-methyl/N-ethyl adjacent to an activating group) is 1. The van der Waals surface area contributed by atoms with Gasteiger partial charge in [-0.3, -0.25) is 24.2 Å². The van der Waals surface area contributed by atoms with Crippen molar-refractivity contribution in [3.05, 3.63) is 77.6 Å². The molecule has 0 bridgehead atoms. The van der Waals surface area contributed by atoms with Crippen LogP contribution in [0.5, 0.6) is 0 Å². The van der Waals surface area contributed by atoms with E-state index in [2.05, 4.69) is 17.1 Å². The predicted molar refractivity (Wildman–Crippen MR) is 124 cm³/mol. The zero-order chi connectivity index (χ0) is 23.4. The van der Waals surface area contributed by atoms with Crippen molar-refractivity contribution in [1.29, 1.82) is 0 Å². The fourth-order valence-corrected chi connectivity index (χ4v) is 4.59. The second-order valence-electron chi connectivity index (χ2n) is 8.70. The van der Waals surface area contributed by atoms with Crippen molar-refractivity contribution in [2.24, 2.45) is 0 Å². The summed E-state index contributed by atoms with van der Waals surface area (Å²) in [5.41, 5.74) is 0.179. The highest BCUT2D eigenvalue weighted by molar-refractivity contribution is 6.10. The molecule has 2 fully saturated rings. The molecule has 0 spiro atoms. The van der Waals surface area contributed by atoms with E-state index in [1.165, 1.54) is 25.2 Å². The molecule has 2 heterocycles. The minimum absolute atomic E-state index is 0.123. The largest absolute Gasteiger partial charge is 0.340 e. The number of piperazine rings is 1. The van der Waals surface area contributed by atoms with Gasteiger partial charge in [0.15, 0.2) is 0 Å². The van der Waals surface area contributed by atoms with Crippen molar-refractivity contribution < 1.29 is 18.8 Å². The minimum Gasteiger partial charge on any atom is -0.340 e. The average molecular weight is 450 g/mol. The number of hydrogen-bond donors (Lipinski definition) is 0. The molecule has 2 aromatic carbocycles. The molecule has 0 aromatic heterocycles. The van der Waals surface area contributed by atoms with Gasteiger partial charge in [0, 0.05) is 52.6 Å². The molecular weight excluding hydrogens is 421 g/mol. The van der Waals surface area contributed by atoms with Gasteiger partial charge < -0.3 is 4.90 Å². The Morgan fingerprint density at radius 1 is 1.03 bits per heavy atom. The summed E-state index contributed by atoms with van der Waals surface area (Å²) in [6.45, 7) is 3.35. The van der Waals surface area contributed by atoms with Crippen molar-refractivity contribution in [3.63, 3.8) is 0 Å². The van der Waals surface area contributed by atoms with Crippen LogP contribution in [0.1, 0.15) is 24.0 Å². The Bertz CT molecular complexity index is 1060. The van der Waals surface area contributed by atoms with Gasteiger partial charge in [-0.15, -0.1) is 0 Å². The third kappa shape index (κ3) is 4.88. The van der Waals surface area contributed by atoms with Gasteiger partial charge in [-0.2, -0.15) is 0 Å². The lowest BCUT2D eigenvalue weighted by Gasteiger charge is -2.36. The molecule has 7 heteroatoms. The Hall–Kier alpha value is -3.32. The van der Waals surface area contributed by atoms with E-state index in [-0.39, 0.29) is 24.7 Å². The number of likely N-dealkylation sites (tertiary alicyclic amines) is 1. The molecule has 4 rings (SSSR count). The lowest BCUT2D eigenvalue weighted by atomic mass is 9.75. The van der Waals surface area contributed by atoms with E-state index in [0.29, 0.717) is 18.7 Å². The number of imide groups is 1. The number of benzene rings is 2. The molecule has 1 atom stereocenters. The van der Waals surface area contributed by atoms with Gasteiger partial charge >= 0.3 is 0 Å². The molecule has 172 valence electrons. The van der Waals surface area contributed by atoms with Gasteiger partial charge in [-0.05, 0) is 23.3 Å². The summed E-state index contributed by atoms with van der Waals surface area (Å²) in [7, 11) is 1.41. The number of hydrogen-bond acceptors (Lipinski definition) is 4. The summed E-state index contributed by atoms with van der Waals surface area (Å²) in [5.74, 6) is -1.48. The highest BCUT2D eigenvalue weighted by atomic mass is 19.1. The maximum absolute atomic E-state index is 13.9. The fraction of sp³-hybridized carbons (Fsp3) is 0.346. The lowest BCUT2D eigenvalue weighted by molar-refractivity contribution is -0.142. The molecule has 3 amide bonds. The Labute approximate surface area is 193 Å². The lowest BCUT2D eigenvalue weighted by Crippen LogP contribution is -2.50. The first-order valence-corrected chi connectivity index (χ1v) is 11.2. The second kappa shape index (κ2) is 9.67. The van der Waals surface area contributed by atoms with Crippen LogP contribution in [-0.4, -0.2) is 72.2 Å². The van der Waals surface area contributed by atoms with Crippen LogP contribution in [0, 0.1) is 5.82 Å². The summed E-state index contributed by atoms with van der Waals surface area (Å²) >= 11 is 0. The Kier molecular flexibility index (Phi) is 6.70. The molecule has 2 saturated heterocycles. The zero-order valence-corrected chi connectivity index (χ0v) is 18.7. The average Bonchev–Trinajstić information content (AvgIpc) is 3.04. The van der Waals surface area contributed by atoms with Crippen molar-refractivity contribution in [3.8, 4) is 0 Å². The minimum atomic E-state index is -1.35. The first kappa shape index (κ1) is 22.9. The van der Waals surface area contributed by atoms with Gasteiger partial charge in [0.25, 0.3) is 0 Å². The Balaban J connectivity index is 1.40. The Morgan fingerprint density at radius 3 is 2.39 bits per heavy atom. The summed E-state index contributed by atoms with van der Waals surface area (Å²) in [4.78, 5) is 43.6. The highest BCUT2D eigenvalue weighted by Crippen LogP contribution is 2.40. The van der Waals surface area contributed by atoms with Crippen LogP contribution < -0.4 is 0 Å². The molecule has 33 heavy (non-hydrogen) atoms. The number of nitrogens with zero attached hydrogens (tertiary/aromatic N) is 3. The van der Waals surface area contributed by atoms with Crippen LogP contribution >= 0.6 is 0 Å². The molecule has 0 unspecified atom stereocenters. The maximum Gasteiger partial charge on any atom is 0.240 e. The molecule has 6 nitrogen and oxygen atoms in total. The number of halogens is 1. The molecular formula is C26H28FN3O3. The molecule has 2 aliphatic rings. The topological polar surface area (TPSA) is 60.9 Å². The quantitative estimate of drug-likeness (QED) is 0.637. The fourth-order valence-electron chi connectivity index (χ4n) is 4.59. The van der Waals surface area contributed by atoms with E-state index in [1.54, 1.807) is 11.0 Å². The van der Waals surface area contributed by atoms with E-state index < -0.39 is 17.1 Å². The number of carbonyl (C=O) groups is 3. The first-order chi connectivity index (χ1) is 15.9. The zero-order valence-electron chi connectivity index (χ0n) is 18.7. The van der Waals surface area contributed by atoms with Crippen LogP contribution in [0.4, 0.5) is 4.39 Å². The van der Waals surface area contributed by atoms with E-state index in [4.69, 9.17) is 0 Å². The second-order valence-corrected chi connectivity index (χ2v) is 8.70. The van der Waals surface area contributed by atoms with Gasteiger partial charge in [-0.1, -0.05) is 54.6 Å². The highest BCUT2D eigenvalue weighted by Gasteiger charge is 2.53. The molecule has 0 aliphatic carbocycles. The summed E-state index contributed by atoms with van der Waals surface area (Å²) < 4.78 is 13.9. The van der Waals surface area contributed by atoms with E-state index >= 15 is 0 Å². The van der Waals surface area contributed by atoms with Crippen LogP contribution in [0.2, 0.25) is 0 Å². The third-order valence-electron chi connectivity index (χ3n) is 6.57. The monoisotopic (exact) mass is 449 g/mol. The molecule has 0 radical (unpaired) electrons. The van der Waals surface area contributed by atoms with Gasteiger partial charge in [-0.25, -0.2) is 4.39 Å². The Morgan fingerprint density at radius 2 is 1.76 bits per heavy atom. The van der Waals surface area contributed by atoms with Crippen LogP contribution in [0.25, 0.3) is 6.08 Å². The maximum atomic E-state index is 13.9. The van der Waals surface area contributed by atoms with Crippen LogP contribution in [-0.2, 0) is 19.8 Å². The van der Waals surface area contributed by atoms with Gasteiger partial charge in [0.1, 0.15) is 5.82 Å². The summed E-state index contributed by atoms with van der Waals surface area (Å²) in [5, 5.41) is 0.